The molecule has 1 aromatic heterocycles. The number of aromatic nitrogens is 2. The van der Waals surface area contributed by atoms with Gasteiger partial charge in [0.05, 0.1) is 18.8 Å². The Bertz CT molecular complexity index is 999. The van der Waals surface area contributed by atoms with Crippen LogP contribution in [0.4, 0.5) is 5.69 Å². The van der Waals surface area contributed by atoms with Gasteiger partial charge in [-0.3, -0.25) is 4.79 Å². The molecular weight excluding hydrogens is 398 g/mol. The van der Waals surface area contributed by atoms with Gasteiger partial charge in [0, 0.05) is 5.69 Å². The highest BCUT2D eigenvalue weighted by Crippen LogP contribution is 2.29. The molecule has 0 spiro atoms. The summed E-state index contributed by atoms with van der Waals surface area (Å²) in [5.41, 5.74) is 4.08. The molecular formula is C23H27N3O3S. The van der Waals surface area contributed by atoms with Crippen LogP contribution >= 0.6 is 11.8 Å². The van der Waals surface area contributed by atoms with Crippen molar-refractivity contribution in [2.24, 2.45) is 5.92 Å². The average Bonchev–Trinajstić information content (AvgIpc) is 3.17. The largest absolute Gasteiger partial charge is 0.497 e. The number of amides is 1. The lowest BCUT2D eigenvalue weighted by atomic mass is 10.1. The van der Waals surface area contributed by atoms with Crippen molar-refractivity contribution in [3.8, 4) is 5.75 Å². The van der Waals surface area contributed by atoms with E-state index in [2.05, 4.69) is 15.5 Å². The van der Waals surface area contributed by atoms with Crippen LogP contribution in [-0.4, -0.2) is 28.5 Å². The molecule has 0 fully saturated rings. The number of thioether (sulfide) groups is 1. The van der Waals surface area contributed by atoms with Crippen LogP contribution in [0.5, 0.6) is 5.75 Å². The summed E-state index contributed by atoms with van der Waals surface area (Å²) in [6.07, 6.45) is 0.526. The molecule has 0 saturated heterocycles. The van der Waals surface area contributed by atoms with Crippen LogP contribution in [0, 0.1) is 19.8 Å². The van der Waals surface area contributed by atoms with E-state index < -0.39 is 0 Å². The normalized spacial score (nSPS) is 12.1. The van der Waals surface area contributed by atoms with Crippen LogP contribution in [0.15, 0.2) is 52.1 Å². The predicted octanol–water partition coefficient (Wildman–Crippen LogP) is 5.04. The number of methoxy groups -OCH3 is 1. The van der Waals surface area contributed by atoms with E-state index >= 15 is 0 Å². The Balaban J connectivity index is 1.67. The Morgan fingerprint density at radius 3 is 2.53 bits per heavy atom. The summed E-state index contributed by atoms with van der Waals surface area (Å²) in [6, 6.07) is 13.6. The summed E-state index contributed by atoms with van der Waals surface area (Å²) in [6.45, 7) is 8.05. The molecule has 158 valence electrons. The van der Waals surface area contributed by atoms with Crippen LogP contribution in [0.2, 0.25) is 0 Å². The molecule has 30 heavy (non-hydrogen) atoms. The van der Waals surface area contributed by atoms with Gasteiger partial charge in [-0.05, 0) is 54.7 Å². The lowest BCUT2D eigenvalue weighted by Crippen LogP contribution is -2.30. The maximum Gasteiger partial charge on any atom is 0.277 e. The summed E-state index contributed by atoms with van der Waals surface area (Å²) in [5.74, 6) is 1.34. The van der Waals surface area contributed by atoms with Gasteiger partial charge in [0.1, 0.15) is 5.75 Å². The van der Waals surface area contributed by atoms with Gasteiger partial charge in [-0.15, -0.1) is 10.2 Å². The quantitative estimate of drug-likeness (QED) is 0.510. The van der Waals surface area contributed by atoms with Gasteiger partial charge >= 0.3 is 0 Å². The first kappa shape index (κ1) is 21.9. The molecule has 3 aromatic rings. The molecule has 1 amide bonds. The molecule has 2 aromatic carbocycles. The van der Waals surface area contributed by atoms with E-state index in [1.807, 2.05) is 70.2 Å². The molecule has 1 unspecified atom stereocenters. The molecule has 3 rings (SSSR count). The average molecular weight is 426 g/mol. The highest BCUT2D eigenvalue weighted by Gasteiger charge is 2.26. The molecule has 7 heteroatoms. The second-order valence-corrected chi connectivity index (χ2v) is 8.60. The molecule has 0 aliphatic carbocycles. The fourth-order valence-corrected chi connectivity index (χ4v) is 3.85. The van der Waals surface area contributed by atoms with Crippen LogP contribution < -0.4 is 10.1 Å². The van der Waals surface area contributed by atoms with E-state index in [9.17, 15) is 4.79 Å². The Labute approximate surface area is 181 Å². The summed E-state index contributed by atoms with van der Waals surface area (Å²) in [7, 11) is 1.64. The molecule has 1 N–H and O–H groups in total. The second kappa shape index (κ2) is 9.80. The van der Waals surface area contributed by atoms with Gasteiger partial charge in [0.2, 0.25) is 11.8 Å². The number of rotatable bonds is 8. The standard InChI is InChI=1S/C23H27N3O3S/c1-14(2)21(22(27)24-19-8-6-7-15(3)16(19)4)30-23-26-25-20(29-23)13-17-9-11-18(28-5)12-10-17/h6-12,14,21H,13H2,1-5H3,(H,24,27). The SMILES string of the molecule is COc1ccc(Cc2nnc(SC(C(=O)Nc3cccc(C)c3C)C(C)C)o2)cc1. The van der Waals surface area contributed by atoms with Crippen LogP contribution in [0.3, 0.4) is 0 Å². The first-order valence-electron chi connectivity index (χ1n) is 9.86. The number of anilines is 1. The van der Waals surface area contributed by atoms with Crippen molar-refractivity contribution >= 4 is 23.4 Å². The number of hydrogen-bond acceptors (Lipinski definition) is 6. The lowest BCUT2D eigenvalue weighted by Gasteiger charge is -2.19. The van der Waals surface area contributed by atoms with Gasteiger partial charge in [-0.2, -0.15) is 0 Å². The zero-order valence-corrected chi connectivity index (χ0v) is 18.7. The molecule has 0 bridgehead atoms. The van der Waals surface area contributed by atoms with Crippen molar-refractivity contribution in [3.63, 3.8) is 0 Å². The third-order valence-electron chi connectivity index (χ3n) is 4.92. The van der Waals surface area contributed by atoms with Crippen molar-refractivity contribution in [2.75, 3.05) is 12.4 Å². The summed E-state index contributed by atoms with van der Waals surface area (Å²) in [4.78, 5) is 12.9. The van der Waals surface area contributed by atoms with Crippen molar-refractivity contribution in [2.45, 2.75) is 44.6 Å². The Morgan fingerprint density at radius 1 is 1.13 bits per heavy atom. The first-order valence-corrected chi connectivity index (χ1v) is 10.7. The summed E-state index contributed by atoms with van der Waals surface area (Å²) in [5, 5.41) is 11.4. The van der Waals surface area contributed by atoms with Crippen LogP contribution in [0.1, 0.15) is 36.4 Å². The highest BCUT2D eigenvalue weighted by atomic mass is 32.2. The van der Waals surface area contributed by atoms with Crippen molar-refractivity contribution in [3.05, 3.63) is 65.0 Å². The second-order valence-electron chi connectivity index (χ2n) is 7.51. The number of nitrogens with zero attached hydrogens (tertiary/aromatic N) is 2. The third-order valence-corrected chi connectivity index (χ3v) is 6.30. The lowest BCUT2D eigenvalue weighted by molar-refractivity contribution is -0.116. The topological polar surface area (TPSA) is 77.2 Å². The van der Waals surface area contributed by atoms with Crippen molar-refractivity contribution in [1.29, 1.82) is 0 Å². The van der Waals surface area contributed by atoms with Crippen LogP contribution in [0.25, 0.3) is 0 Å². The van der Waals surface area contributed by atoms with Gasteiger partial charge in [-0.25, -0.2) is 0 Å². The van der Waals surface area contributed by atoms with E-state index in [0.717, 1.165) is 28.1 Å². The highest BCUT2D eigenvalue weighted by molar-refractivity contribution is 8.00. The minimum Gasteiger partial charge on any atom is -0.497 e. The van der Waals surface area contributed by atoms with Crippen molar-refractivity contribution in [1.82, 2.24) is 10.2 Å². The van der Waals surface area contributed by atoms with E-state index in [0.29, 0.717) is 17.5 Å². The molecule has 1 heterocycles. The maximum absolute atomic E-state index is 12.9. The molecule has 1 atom stereocenters. The van der Waals surface area contributed by atoms with Gasteiger partial charge in [0.25, 0.3) is 5.22 Å². The number of hydrogen-bond donors (Lipinski definition) is 1. The number of nitrogens with one attached hydrogen (secondary N) is 1. The van der Waals surface area contributed by atoms with Crippen LogP contribution in [-0.2, 0) is 11.2 Å². The van der Waals surface area contributed by atoms with E-state index in [1.165, 1.54) is 11.8 Å². The first-order chi connectivity index (χ1) is 14.4. The molecule has 6 nitrogen and oxygen atoms in total. The minimum atomic E-state index is -0.348. The Morgan fingerprint density at radius 2 is 1.87 bits per heavy atom. The summed E-state index contributed by atoms with van der Waals surface area (Å²) < 4.78 is 11.0. The fraction of sp³-hybridized carbons (Fsp3) is 0.348. The minimum absolute atomic E-state index is 0.0707. The number of aryl methyl sites for hydroxylation is 1. The monoisotopic (exact) mass is 425 g/mol. The van der Waals surface area contributed by atoms with Gasteiger partial charge in [-0.1, -0.05) is 49.9 Å². The predicted molar refractivity (Wildman–Crippen MR) is 119 cm³/mol. The fourth-order valence-electron chi connectivity index (χ4n) is 2.97. The molecule has 0 radical (unpaired) electrons. The van der Waals surface area contributed by atoms with E-state index in [1.54, 1.807) is 7.11 Å². The maximum atomic E-state index is 12.9. The Hall–Kier alpha value is -2.80. The summed E-state index contributed by atoms with van der Waals surface area (Å²) >= 11 is 1.30. The van der Waals surface area contributed by atoms with E-state index in [4.69, 9.17) is 9.15 Å². The van der Waals surface area contributed by atoms with Gasteiger partial charge in [0.15, 0.2) is 0 Å². The molecule has 0 aliphatic rings. The molecule has 0 aliphatic heterocycles. The number of carbonyl (C=O) groups excluding carboxylic acids is 1. The zero-order valence-electron chi connectivity index (χ0n) is 17.9. The van der Waals surface area contributed by atoms with Gasteiger partial charge < -0.3 is 14.5 Å². The van der Waals surface area contributed by atoms with Crippen molar-refractivity contribution < 1.29 is 13.9 Å². The number of benzene rings is 2. The molecule has 0 saturated carbocycles. The van der Waals surface area contributed by atoms with E-state index in [-0.39, 0.29) is 17.1 Å². The zero-order chi connectivity index (χ0) is 21.7. The smallest absolute Gasteiger partial charge is 0.277 e. The number of carbonyl (C=O) groups is 1. The number of ether oxygens (including phenoxy) is 1. The Kier molecular flexibility index (Phi) is 7.15. The third kappa shape index (κ3) is 5.42.